The van der Waals surface area contributed by atoms with E-state index in [1.165, 1.54) is 0 Å². The van der Waals surface area contributed by atoms with Crippen LogP contribution in [0.4, 0.5) is 0 Å². The second kappa shape index (κ2) is 1.55. The predicted molar refractivity (Wildman–Crippen MR) is 33.0 cm³/mol. The van der Waals surface area contributed by atoms with Crippen LogP contribution in [0.3, 0.4) is 0 Å². The fourth-order valence-electron chi connectivity index (χ4n) is 0.783. The average molecular weight is 119 g/mol. The van der Waals surface area contributed by atoms with E-state index in [9.17, 15) is 0 Å². The van der Waals surface area contributed by atoms with Crippen LogP contribution in [-0.4, -0.2) is 15.2 Å². The van der Waals surface area contributed by atoms with Crippen molar-refractivity contribution in [3.05, 3.63) is 24.7 Å². The maximum Gasteiger partial charge on any atom is 0.110 e. The Morgan fingerprint density at radius 3 is 3.33 bits per heavy atom. The van der Waals surface area contributed by atoms with Crippen molar-refractivity contribution in [3.63, 3.8) is 0 Å². The van der Waals surface area contributed by atoms with Gasteiger partial charge in [-0.05, 0) is 6.07 Å². The molecule has 0 radical (unpaired) electrons. The van der Waals surface area contributed by atoms with Gasteiger partial charge < -0.3 is 4.98 Å². The van der Waals surface area contributed by atoms with Crippen LogP contribution in [0.1, 0.15) is 0 Å². The van der Waals surface area contributed by atoms with Crippen LogP contribution in [0.2, 0.25) is 0 Å². The minimum atomic E-state index is 0.914. The zero-order chi connectivity index (χ0) is 6.10. The molecule has 0 aromatic heterocycles. The maximum absolute atomic E-state index is 3.84. The van der Waals surface area contributed by atoms with E-state index >= 15 is 0 Å². The van der Waals surface area contributed by atoms with Crippen molar-refractivity contribution in [2.45, 2.75) is 0 Å². The number of hydrogen-bond donors (Lipinski definition) is 1. The lowest BCUT2D eigenvalue weighted by molar-refractivity contribution is 1.09. The average Bonchev–Trinajstić information content (AvgIpc) is 2.33. The highest BCUT2D eigenvalue weighted by Crippen LogP contribution is 2.13. The van der Waals surface area contributed by atoms with Crippen molar-refractivity contribution < 1.29 is 0 Å². The van der Waals surface area contributed by atoms with Gasteiger partial charge in [0.2, 0.25) is 0 Å². The molecule has 9 heavy (non-hydrogen) atoms. The summed E-state index contributed by atoms with van der Waals surface area (Å²) in [6, 6.07) is 1.94. The topological polar surface area (TPSA) is 41.6 Å². The molecule has 2 aliphatic rings. The van der Waals surface area contributed by atoms with E-state index in [1.54, 1.807) is 6.20 Å². The molecule has 3 heteroatoms. The van der Waals surface area contributed by atoms with Gasteiger partial charge in [-0.15, -0.1) is 5.10 Å². The molecule has 0 aliphatic carbocycles. The fourth-order valence-corrected chi connectivity index (χ4v) is 0.783. The summed E-state index contributed by atoms with van der Waals surface area (Å²) in [5.74, 6) is 0. The van der Waals surface area contributed by atoms with Crippen LogP contribution in [0.25, 0.3) is 11.3 Å². The summed E-state index contributed by atoms with van der Waals surface area (Å²) in [5, 5.41) is 7.57. The van der Waals surface area contributed by atoms with E-state index in [4.69, 9.17) is 0 Å². The van der Waals surface area contributed by atoms with Gasteiger partial charge in [-0.3, -0.25) is 0 Å². The van der Waals surface area contributed by atoms with Gasteiger partial charge >= 0.3 is 0 Å². The monoisotopic (exact) mass is 119 g/mol. The minimum Gasteiger partial charge on any atom is -0.366 e. The predicted octanol–water partition coefficient (Wildman–Crippen LogP) is 0.909. The largest absolute Gasteiger partial charge is 0.366 e. The molecule has 0 atom stereocenters. The highest BCUT2D eigenvalue weighted by Gasteiger charge is 1.99. The summed E-state index contributed by atoms with van der Waals surface area (Å²) in [5.41, 5.74) is 1.99. The first kappa shape index (κ1) is 4.49. The third kappa shape index (κ3) is 0.579. The van der Waals surface area contributed by atoms with Crippen molar-refractivity contribution in [2.75, 3.05) is 0 Å². The molecular weight excluding hydrogens is 114 g/mol. The molecule has 0 saturated heterocycles. The smallest absolute Gasteiger partial charge is 0.110 e. The number of nitrogens with one attached hydrogen (secondary N) is 1. The normalized spacial score (nSPS) is 10.2. The molecule has 0 unspecified atom stereocenters. The molecule has 0 amide bonds. The number of pyridine rings is 1. The number of fused-ring (bicyclic) bond motifs is 1. The van der Waals surface area contributed by atoms with Crippen molar-refractivity contribution in [1.29, 1.82) is 0 Å². The van der Waals surface area contributed by atoms with Crippen LogP contribution in [-0.2, 0) is 0 Å². The molecule has 0 aromatic carbocycles. The van der Waals surface area contributed by atoms with Gasteiger partial charge in [0, 0.05) is 18.0 Å². The molecule has 0 aromatic rings. The van der Waals surface area contributed by atoms with E-state index in [-0.39, 0.29) is 0 Å². The summed E-state index contributed by atoms with van der Waals surface area (Å²) >= 11 is 0. The first-order valence-corrected chi connectivity index (χ1v) is 2.71. The number of aromatic nitrogens is 3. The maximum atomic E-state index is 3.84. The van der Waals surface area contributed by atoms with Gasteiger partial charge in [-0.1, -0.05) is 0 Å². The molecule has 2 heterocycles. The van der Waals surface area contributed by atoms with Gasteiger partial charge in [0.05, 0.1) is 6.20 Å². The van der Waals surface area contributed by atoms with E-state index in [1.807, 2.05) is 18.5 Å². The Labute approximate surface area is 52.1 Å². The highest BCUT2D eigenvalue weighted by atomic mass is 15.1. The Bertz CT molecular complexity index is 248. The van der Waals surface area contributed by atoms with Crippen LogP contribution < -0.4 is 0 Å². The van der Waals surface area contributed by atoms with Crippen molar-refractivity contribution in [1.82, 2.24) is 15.2 Å². The molecule has 2 rings (SSSR count). The standard InChI is InChI=1S/C6H5N3/c1-2-7-4-6-5(1)3-8-9-6/h1-4,7H. The van der Waals surface area contributed by atoms with E-state index in [0.29, 0.717) is 0 Å². The Morgan fingerprint density at radius 1 is 1.44 bits per heavy atom. The van der Waals surface area contributed by atoms with E-state index < -0.39 is 0 Å². The molecule has 2 aliphatic heterocycles. The van der Waals surface area contributed by atoms with Crippen LogP contribution in [0.5, 0.6) is 0 Å². The van der Waals surface area contributed by atoms with Crippen molar-refractivity contribution >= 4 is 0 Å². The summed E-state index contributed by atoms with van der Waals surface area (Å²) in [7, 11) is 0. The molecule has 44 valence electrons. The van der Waals surface area contributed by atoms with Gasteiger partial charge in [0.1, 0.15) is 5.69 Å². The molecule has 0 bridgehead atoms. The third-order valence-corrected chi connectivity index (χ3v) is 1.24. The minimum absolute atomic E-state index is 0.914. The van der Waals surface area contributed by atoms with Gasteiger partial charge in [0.25, 0.3) is 0 Å². The first-order valence-electron chi connectivity index (χ1n) is 2.71. The zero-order valence-electron chi connectivity index (χ0n) is 4.70. The van der Waals surface area contributed by atoms with E-state index in [2.05, 4.69) is 15.2 Å². The van der Waals surface area contributed by atoms with Crippen LogP contribution in [0, 0.1) is 0 Å². The van der Waals surface area contributed by atoms with Crippen molar-refractivity contribution in [3.8, 4) is 11.3 Å². The van der Waals surface area contributed by atoms with Gasteiger partial charge in [-0.2, -0.15) is 5.10 Å². The van der Waals surface area contributed by atoms with Crippen LogP contribution in [0.15, 0.2) is 24.7 Å². The summed E-state index contributed by atoms with van der Waals surface area (Å²) in [4.78, 5) is 2.92. The SMILES string of the molecule is c1cc2cnnc-2c[nH]1. The Balaban J connectivity index is 2.79. The fraction of sp³-hybridized carbons (Fsp3) is 0. The third-order valence-electron chi connectivity index (χ3n) is 1.24. The second-order valence-corrected chi connectivity index (χ2v) is 1.83. The molecule has 3 nitrogen and oxygen atoms in total. The Hall–Kier alpha value is -1.38. The quantitative estimate of drug-likeness (QED) is 0.560. The molecule has 0 fully saturated rings. The molecule has 0 saturated carbocycles. The van der Waals surface area contributed by atoms with E-state index in [0.717, 1.165) is 11.3 Å². The van der Waals surface area contributed by atoms with Crippen LogP contribution >= 0.6 is 0 Å². The lowest BCUT2D eigenvalue weighted by atomic mass is 10.2. The lowest BCUT2D eigenvalue weighted by Gasteiger charge is -1.89. The first-order chi connectivity index (χ1) is 4.47. The van der Waals surface area contributed by atoms with Gasteiger partial charge in [0.15, 0.2) is 0 Å². The highest BCUT2D eigenvalue weighted by molar-refractivity contribution is 5.56. The number of aromatic amines is 1. The number of H-pyrrole nitrogens is 1. The lowest BCUT2D eigenvalue weighted by Crippen LogP contribution is -1.76. The number of rotatable bonds is 0. The Morgan fingerprint density at radius 2 is 2.44 bits per heavy atom. The molecular formula is C6H5N3. The van der Waals surface area contributed by atoms with Crippen molar-refractivity contribution in [2.24, 2.45) is 0 Å². The van der Waals surface area contributed by atoms with Gasteiger partial charge in [-0.25, -0.2) is 0 Å². The molecule has 0 spiro atoms. The summed E-state index contributed by atoms with van der Waals surface area (Å²) < 4.78 is 0. The molecule has 1 N–H and O–H groups in total. The number of nitrogens with zero attached hydrogens (tertiary/aromatic N) is 2. The zero-order valence-corrected chi connectivity index (χ0v) is 4.70. The second-order valence-electron chi connectivity index (χ2n) is 1.83. The summed E-state index contributed by atoms with van der Waals surface area (Å²) in [6.45, 7) is 0. The number of hydrogen-bond acceptors (Lipinski definition) is 2. The summed E-state index contributed by atoms with van der Waals surface area (Å²) in [6.07, 6.45) is 5.41. The Kier molecular flexibility index (Phi) is 0.773.